The van der Waals surface area contributed by atoms with Gasteiger partial charge in [-0.15, -0.1) is 0 Å². The molecule has 0 aliphatic carbocycles. The van der Waals surface area contributed by atoms with Crippen molar-refractivity contribution in [2.45, 2.75) is 13.3 Å². The Morgan fingerprint density at radius 1 is 1.70 bits per heavy atom. The van der Waals surface area contributed by atoms with Crippen molar-refractivity contribution in [1.29, 1.82) is 0 Å². The molecule has 0 aromatic carbocycles. The van der Waals surface area contributed by atoms with Crippen molar-refractivity contribution < 1.29 is 9.52 Å². The van der Waals surface area contributed by atoms with Crippen LogP contribution in [0.4, 0.5) is 0 Å². The maximum absolute atomic E-state index is 8.70. The summed E-state index contributed by atoms with van der Waals surface area (Å²) >= 11 is 0. The number of rotatable bonds is 3. The van der Waals surface area contributed by atoms with Gasteiger partial charge in [0.2, 0.25) is 0 Å². The largest absolute Gasteiger partial charge is 0.472 e. The van der Waals surface area contributed by atoms with Crippen molar-refractivity contribution in [1.82, 2.24) is 0 Å². The van der Waals surface area contributed by atoms with Gasteiger partial charge in [0.05, 0.1) is 12.5 Å². The first-order valence-electron chi connectivity index (χ1n) is 3.45. The predicted octanol–water partition coefficient (Wildman–Crippen LogP) is 1.45. The van der Waals surface area contributed by atoms with E-state index in [0.29, 0.717) is 5.92 Å². The topological polar surface area (TPSA) is 33.4 Å². The van der Waals surface area contributed by atoms with Crippen LogP contribution in [0, 0.1) is 5.92 Å². The van der Waals surface area contributed by atoms with Gasteiger partial charge in [0.25, 0.3) is 0 Å². The first kappa shape index (κ1) is 7.35. The number of aliphatic hydroxyl groups is 1. The van der Waals surface area contributed by atoms with Crippen molar-refractivity contribution in [3.63, 3.8) is 0 Å². The summed E-state index contributed by atoms with van der Waals surface area (Å²) in [6, 6.07) is 1.92. The summed E-state index contributed by atoms with van der Waals surface area (Å²) in [5.41, 5.74) is 1.15. The minimum Gasteiger partial charge on any atom is -0.472 e. The van der Waals surface area contributed by atoms with Crippen molar-refractivity contribution >= 4 is 0 Å². The van der Waals surface area contributed by atoms with Gasteiger partial charge >= 0.3 is 0 Å². The Kier molecular flexibility index (Phi) is 2.51. The van der Waals surface area contributed by atoms with Gasteiger partial charge in [-0.3, -0.25) is 0 Å². The zero-order valence-electron chi connectivity index (χ0n) is 6.08. The highest BCUT2D eigenvalue weighted by Crippen LogP contribution is 2.07. The lowest BCUT2D eigenvalue weighted by Gasteiger charge is -2.03. The van der Waals surface area contributed by atoms with Crippen molar-refractivity contribution in [2.24, 2.45) is 5.92 Å². The number of aliphatic hydroxyl groups excluding tert-OH is 1. The monoisotopic (exact) mass is 140 g/mol. The molecule has 1 unspecified atom stereocenters. The Balaban J connectivity index is 2.40. The normalized spacial score (nSPS) is 13.4. The number of hydrogen-bond acceptors (Lipinski definition) is 2. The van der Waals surface area contributed by atoms with E-state index in [0.717, 1.165) is 12.0 Å². The SMILES string of the molecule is CC(CO)Cc1ccoc1. The molecule has 0 aliphatic rings. The smallest absolute Gasteiger partial charge is 0.0934 e. The highest BCUT2D eigenvalue weighted by Gasteiger charge is 2.01. The van der Waals surface area contributed by atoms with Crippen molar-refractivity contribution in [3.05, 3.63) is 24.2 Å². The molecule has 1 heterocycles. The molecule has 1 rings (SSSR count). The molecule has 0 saturated carbocycles. The third-order valence-electron chi connectivity index (χ3n) is 1.48. The Morgan fingerprint density at radius 3 is 3.00 bits per heavy atom. The van der Waals surface area contributed by atoms with Gasteiger partial charge in [0, 0.05) is 6.61 Å². The second kappa shape index (κ2) is 3.42. The second-order valence-corrected chi connectivity index (χ2v) is 2.62. The molecule has 0 aliphatic heterocycles. The Morgan fingerprint density at radius 2 is 2.50 bits per heavy atom. The minimum atomic E-state index is 0.241. The van der Waals surface area contributed by atoms with E-state index in [1.807, 2.05) is 13.0 Å². The van der Waals surface area contributed by atoms with Gasteiger partial charge < -0.3 is 9.52 Å². The summed E-state index contributed by atoms with van der Waals surface area (Å²) < 4.78 is 4.88. The van der Waals surface area contributed by atoms with Gasteiger partial charge in [-0.1, -0.05) is 6.92 Å². The van der Waals surface area contributed by atoms with E-state index in [2.05, 4.69) is 0 Å². The summed E-state index contributed by atoms with van der Waals surface area (Å²) in [5.74, 6) is 0.331. The molecule has 10 heavy (non-hydrogen) atoms. The average molecular weight is 140 g/mol. The Labute approximate surface area is 60.5 Å². The summed E-state index contributed by atoms with van der Waals surface area (Å²) in [4.78, 5) is 0. The molecule has 56 valence electrons. The van der Waals surface area contributed by atoms with E-state index >= 15 is 0 Å². The quantitative estimate of drug-likeness (QED) is 0.689. The van der Waals surface area contributed by atoms with E-state index in [1.165, 1.54) is 0 Å². The fourth-order valence-corrected chi connectivity index (χ4v) is 0.876. The van der Waals surface area contributed by atoms with Gasteiger partial charge in [-0.25, -0.2) is 0 Å². The summed E-state index contributed by atoms with van der Waals surface area (Å²) in [5, 5.41) is 8.70. The zero-order valence-corrected chi connectivity index (χ0v) is 6.08. The van der Waals surface area contributed by atoms with E-state index in [9.17, 15) is 0 Å². The molecule has 1 atom stereocenters. The lowest BCUT2D eigenvalue weighted by molar-refractivity contribution is 0.237. The Hall–Kier alpha value is -0.760. The molecule has 0 radical (unpaired) electrons. The van der Waals surface area contributed by atoms with E-state index < -0.39 is 0 Å². The third kappa shape index (κ3) is 1.88. The summed E-state index contributed by atoms with van der Waals surface area (Å²) in [7, 11) is 0. The second-order valence-electron chi connectivity index (χ2n) is 2.62. The van der Waals surface area contributed by atoms with E-state index in [4.69, 9.17) is 9.52 Å². The lowest BCUT2D eigenvalue weighted by atomic mass is 10.1. The van der Waals surface area contributed by atoms with Crippen LogP contribution in [0.3, 0.4) is 0 Å². The first-order valence-corrected chi connectivity index (χ1v) is 3.45. The van der Waals surface area contributed by atoms with Crippen LogP contribution in [0.25, 0.3) is 0 Å². The van der Waals surface area contributed by atoms with Crippen LogP contribution < -0.4 is 0 Å². The predicted molar refractivity (Wildman–Crippen MR) is 38.7 cm³/mol. The van der Waals surface area contributed by atoms with Crippen LogP contribution in [0.2, 0.25) is 0 Å². The molecule has 0 spiro atoms. The van der Waals surface area contributed by atoms with Crippen LogP contribution >= 0.6 is 0 Å². The summed E-state index contributed by atoms with van der Waals surface area (Å²) in [6.07, 6.45) is 4.26. The first-order chi connectivity index (χ1) is 4.83. The van der Waals surface area contributed by atoms with Crippen molar-refractivity contribution in [2.75, 3.05) is 6.61 Å². The maximum Gasteiger partial charge on any atom is 0.0934 e. The highest BCUT2D eigenvalue weighted by molar-refractivity contribution is 5.05. The fourth-order valence-electron chi connectivity index (χ4n) is 0.876. The minimum absolute atomic E-state index is 0.241. The van der Waals surface area contributed by atoms with Crippen LogP contribution in [0.15, 0.2) is 23.0 Å². The molecule has 2 nitrogen and oxygen atoms in total. The van der Waals surface area contributed by atoms with Crippen LogP contribution in [0.1, 0.15) is 12.5 Å². The number of furan rings is 1. The summed E-state index contributed by atoms with van der Waals surface area (Å²) in [6.45, 7) is 2.25. The standard InChI is InChI=1S/C8H12O2/c1-7(5-9)4-8-2-3-10-6-8/h2-3,6-7,9H,4-5H2,1H3. The van der Waals surface area contributed by atoms with Gasteiger partial charge in [-0.2, -0.15) is 0 Å². The van der Waals surface area contributed by atoms with Crippen LogP contribution in [-0.2, 0) is 6.42 Å². The Bertz CT molecular complexity index is 167. The van der Waals surface area contributed by atoms with Gasteiger partial charge in [0.1, 0.15) is 0 Å². The molecule has 0 fully saturated rings. The molecule has 2 heteroatoms. The van der Waals surface area contributed by atoms with E-state index in [-0.39, 0.29) is 6.61 Å². The van der Waals surface area contributed by atoms with Crippen LogP contribution in [-0.4, -0.2) is 11.7 Å². The molecule has 1 N–H and O–H groups in total. The molecular formula is C8H12O2. The fraction of sp³-hybridized carbons (Fsp3) is 0.500. The maximum atomic E-state index is 8.70. The lowest BCUT2D eigenvalue weighted by Crippen LogP contribution is -2.03. The van der Waals surface area contributed by atoms with Gasteiger partial charge in [0.15, 0.2) is 0 Å². The molecule has 1 aromatic heterocycles. The molecule has 1 aromatic rings. The van der Waals surface area contributed by atoms with Gasteiger partial charge in [-0.05, 0) is 24.0 Å². The highest BCUT2D eigenvalue weighted by atomic mass is 16.3. The molecule has 0 saturated heterocycles. The zero-order chi connectivity index (χ0) is 7.40. The third-order valence-corrected chi connectivity index (χ3v) is 1.48. The van der Waals surface area contributed by atoms with Crippen molar-refractivity contribution in [3.8, 4) is 0 Å². The number of hydrogen-bond donors (Lipinski definition) is 1. The van der Waals surface area contributed by atoms with E-state index in [1.54, 1.807) is 12.5 Å². The average Bonchev–Trinajstić information content (AvgIpc) is 2.40. The molecule has 0 amide bonds. The molecular weight excluding hydrogens is 128 g/mol. The molecule has 0 bridgehead atoms. The van der Waals surface area contributed by atoms with Crippen LogP contribution in [0.5, 0.6) is 0 Å².